The van der Waals surface area contributed by atoms with Crippen LogP contribution in [-0.4, -0.2) is 52.9 Å². The van der Waals surface area contributed by atoms with Gasteiger partial charge in [-0.25, -0.2) is 9.37 Å². The molecule has 0 aliphatic carbocycles. The monoisotopic (exact) mass is 281 g/mol. The molecule has 2 saturated heterocycles. The van der Waals surface area contributed by atoms with Gasteiger partial charge in [0.05, 0.1) is 5.56 Å². The van der Waals surface area contributed by atoms with E-state index >= 15 is 0 Å². The molecule has 0 radical (unpaired) electrons. The van der Waals surface area contributed by atoms with Gasteiger partial charge in [0.15, 0.2) is 5.82 Å². The zero-order chi connectivity index (χ0) is 14.1. The van der Waals surface area contributed by atoms with E-state index in [1.807, 2.05) is 0 Å². The Morgan fingerprint density at radius 2 is 2.00 bits per heavy atom. The summed E-state index contributed by atoms with van der Waals surface area (Å²) < 4.78 is 26.7. The van der Waals surface area contributed by atoms with Crippen molar-refractivity contribution in [2.75, 3.05) is 26.2 Å². The lowest BCUT2D eigenvalue weighted by molar-refractivity contribution is 0.0774. The highest BCUT2D eigenvalue weighted by atomic mass is 19.2. The highest BCUT2D eigenvalue weighted by Gasteiger charge is 2.33. The topological polar surface area (TPSA) is 36.4 Å². The van der Waals surface area contributed by atoms with Gasteiger partial charge in [-0.15, -0.1) is 0 Å². The fourth-order valence-corrected chi connectivity index (χ4v) is 3.08. The van der Waals surface area contributed by atoms with Gasteiger partial charge in [-0.2, -0.15) is 4.39 Å². The molecule has 20 heavy (non-hydrogen) atoms. The lowest BCUT2D eigenvalue weighted by Gasteiger charge is -2.23. The van der Waals surface area contributed by atoms with Crippen LogP contribution in [0.3, 0.4) is 0 Å². The number of nitrogens with zero attached hydrogens (tertiary/aromatic N) is 3. The molecule has 0 saturated carbocycles. The van der Waals surface area contributed by atoms with Gasteiger partial charge in [-0.3, -0.25) is 9.69 Å². The van der Waals surface area contributed by atoms with E-state index in [4.69, 9.17) is 0 Å². The summed E-state index contributed by atoms with van der Waals surface area (Å²) in [7, 11) is 0. The van der Waals surface area contributed by atoms with Crippen LogP contribution < -0.4 is 0 Å². The van der Waals surface area contributed by atoms with E-state index in [0.717, 1.165) is 25.7 Å². The van der Waals surface area contributed by atoms with E-state index in [1.54, 1.807) is 4.90 Å². The molecule has 3 rings (SSSR count). The predicted octanol–water partition coefficient (Wildman–Crippen LogP) is 1.67. The molecule has 2 fully saturated rings. The molecular weight excluding hydrogens is 264 g/mol. The average molecular weight is 281 g/mol. The van der Waals surface area contributed by atoms with Gasteiger partial charge < -0.3 is 4.90 Å². The minimum Gasteiger partial charge on any atom is -0.337 e. The summed E-state index contributed by atoms with van der Waals surface area (Å²) in [5.41, 5.74) is -0.223. The lowest BCUT2D eigenvalue weighted by atomic mass is 10.2. The second kappa shape index (κ2) is 5.44. The molecule has 3 heterocycles. The molecule has 1 atom stereocenters. The van der Waals surface area contributed by atoms with Crippen molar-refractivity contribution < 1.29 is 13.6 Å². The van der Waals surface area contributed by atoms with E-state index < -0.39 is 17.7 Å². The van der Waals surface area contributed by atoms with Crippen LogP contribution in [0.15, 0.2) is 12.3 Å². The second-order valence-corrected chi connectivity index (χ2v) is 5.40. The number of pyridine rings is 1. The quantitative estimate of drug-likeness (QED) is 0.774. The molecule has 1 unspecified atom stereocenters. The first-order valence-corrected chi connectivity index (χ1v) is 7.00. The predicted molar refractivity (Wildman–Crippen MR) is 69.3 cm³/mol. The van der Waals surface area contributed by atoms with Crippen molar-refractivity contribution in [3.8, 4) is 0 Å². The molecule has 4 nitrogen and oxygen atoms in total. The fourth-order valence-electron chi connectivity index (χ4n) is 3.08. The molecule has 1 aromatic heterocycles. The number of carbonyl (C=O) groups is 1. The van der Waals surface area contributed by atoms with Crippen LogP contribution in [0.2, 0.25) is 0 Å². The molecule has 1 aromatic rings. The van der Waals surface area contributed by atoms with Crippen molar-refractivity contribution in [3.05, 3.63) is 29.6 Å². The molecule has 2 aliphatic rings. The molecule has 0 N–H and O–H groups in total. The van der Waals surface area contributed by atoms with Crippen LogP contribution in [-0.2, 0) is 0 Å². The Balaban J connectivity index is 1.70. The Bertz CT molecular complexity index is 517. The number of aromatic nitrogens is 1. The molecule has 6 heteroatoms. The first-order chi connectivity index (χ1) is 9.66. The fraction of sp³-hybridized carbons (Fsp3) is 0.571. The van der Waals surface area contributed by atoms with Gasteiger partial charge in [0.25, 0.3) is 5.91 Å². The third-order valence-corrected chi connectivity index (χ3v) is 4.18. The van der Waals surface area contributed by atoms with Crippen LogP contribution in [0.4, 0.5) is 8.78 Å². The van der Waals surface area contributed by atoms with Gasteiger partial charge in [-0.1, -0.05) is 0 Å². The van der Waals surface area contributed by atoms with E-state index in [1.165, 1.54) is 18.9 Å². The lowest BCUT2D eigenvalue weighted by Crippen LogP contribution is -2.37. The summed E-state index contributed by atoms with van der Waals surface area (Å²) in [5, 5.41) is 0. The Hall–Kier alpha value is -1.56. The average Bonchev–Trinajstić information content (AvgIpc) is 3.11. The SMILES string of the molecule is O=C(c1ccnc(F)c1F)N1CCC(N2CCCC2)C1. The van der Waals surface area contributed by atoms with Crippen molar-refractivity contribution in [2.24, 2.45) is 0 Å². The first kappa shape index (κ1) is 13.4. The molecular formula is C14H17F2N3O. The minimum atomic E-state index is -1.22. The summed E-state index contributed by atoms with van der Waals surface area (Å²) in [6, 6.07) is 1.60. The molecule has 0 spiro atoms. The van der Waals surface area contributed by atoms with E-state index in [9.17, 15) is 13.6 Å². The summed E-state index contributed by atoms with van der Waals surface area (Å²) in [5.74, 6) is -2.81. The molecule has 0 bridgehead atoms. The van der Waals surface area contributed by atoms with Crippen molar-refractivity contribution >= 4 is 5.91 Å². The first-order valence-electron chi connectivity index (χ1n) is 7.00. The number of rotatable bonds is 2. The Morgan fingerprint density at radius 1 is 1.25 bits per heavy atom. The number of hydrogen-bond acceptors (Lipinski definition) is 3. The van der Waals surface area contributed by atoms with Crippen LogP contribution in [0.25, 0.3) is 0 Å². The maximum atomic E-state index is 13.6. The Kier molecular flexibility index (Phi) is 3.65. The van der Waals surface area contributed by atoms with Crippen LogP contribution in [0.5, 0.6) is 0 Å². The number of carbonyl (C=O) groups excluding carboxylic acids is 1. The Labute approximate surface area is 116 Å². The highest BCUT2D eigenvalue weighted by Crippen LogP contribution is 2.22. The van der Waals surface area contributed by atoms with Gasteiger partial charge >= 0.3 is 0 Å². The molecule has 108 valence electrons. The summed E-state index contributed by atoms with van der Waals surface area (Å²) in [6.07, 6.45) is 4.43. The summed E-state index contributed by atoms with van der Waals surface area (Å²) in [4.78, 5) is 19.5. The minimum absolute atomic E-state index is 0.223. The number of amides is 1. The van der Waals surface area contributed by atoms with Crippen LogP contribution in [0, 0.1) is 11.8 Å². The van der Waals surface area contributed by atoms with E-state index in [0.29, 0.717) is 19.1 Å². The maximum absolute atomic E-state index is 13.6. The van der Waals surface area contributed by atoms with Gasteiger partial charge in [0.1, 0.15) is 0 Å². The number of halogens is 2. The van der Waals surface area contributed by atoms with Crippen molar-refractivity contribution in [2.45, 2.75) is 25.3 Å². The highest BCUT2D eigenvalue weighted by molar-refractivity contribution is 5.94. The second-order valence-electron chi connectivity index (χ2n) is 5.40. The third-order valence-electron chi connectivity index (χ3n) is 4.18. The maximum Gasteiger partial charge on any atom is 0.257 e. The summed E-state index contributed by atoms with van der Waals surface area (Å²) >= 11 is 0. The van der Waals surface area contributed by atoms with E-state index in [2.05, 4.69) is 9.88 Å². The van der Waals surface area contributed by atoms with Crippen molar-refractivity contribution in [3.63, 3.8) is 0 Å². The van der Waals surface area contributed by atoms with Crippen molar-refractivity contribution in [1.29, 1.82) is 0 Å². The smallest absolute Gasteiger partial charge is 0.257 e. The van der Waals surface area contributed by atoms with Crippen molar-refractivity contribution in [1.82, 2.24) is 14.8 Å². The number of hydrogen-bond donors (Lipinski definition) is 0. The standard InChI is InChI=1S/C14H17F2N3O/c15-12-11(3-5-17-13(12)16)14(20)19-8-4-10(9-19)18-6-1-2-7-18/h3,5,10H,1-2,4,6-9H2. The largest absolute Gasteiger partial charge is 0.337 e. The normalized spacial score (nSPS) is 23.5. The van der Waals surface area contributed by atoms with Crippen LogP contribution in [0.1, 0.15) is 29.6 Å². The molecule has 1 amide bonds. The molecule has 0 aromatic carbocycles. The summed E-state index contributed by atoms with van der Waals surface area (Å²) in [6.45, 7) is 3.35. The van der Waals surface area contributed by atoms with E-state index in [-0.39, 0.29) is 5.56 Å². The zero-order valence-electron chi connectivity index (χ0n) is 11.2. The van der Waals surface area contributed by atoms with Crippen LogP contribution >= 0.6 is 0 Å². The van der Waals surface area contributed by atoms with Gasteiger partial charge in [-0.05, 0) is 38.4 Å². The van der Waals surface area contributed by atoms with Gasteiger partial charge in [0, 0.05) is 25.3 Å². The number of likely N-dealkylation sites (tertiary alicyclic amines) is 2. The zero-order valence-corrected chi connectivity index (χ0v) is 11.2. The molecule has 2 aliphatic heterocycles. The van der Waals surface area contributed by atoms with Gasteiger partial charge in [0.2, 0.25) is 5.95 Å². The Morgan fingerprint density at radius 3 is 2.75 bits per heavy atom. The third kappa shape index (κ3) is 2.40.